The van der Waals surface area contributed by atoms with Crippen LogP contribution in [0, 0.1) is 5.92 Å². The number of carbonyl (C=O) groups excluding carboxylic acids is 2. The van der Waals surface area contributed by atoms with E-state index in [1.807, 2.05) is 20.8 Å². The maximum absolute atomic E-state index is 13.1. The third kappa shape index (κ3) is 7.78. The van der Waals surface area contributed by atoms with Crippen LogP contribution in [0.2, 0.25) is 0 Å². The van der Waals surface area contributed by atoms with Crippen molar-refractivity contribution in [2.45, 2.75) is 52.3 Å². The van der Waals surface area contributed by atoms with Crippen molar-refractivity contribution < 1.29 is 27.9 Å². The molecular weight excluding hydrogens is 448 g/mol. The number of anilines is 1. The largest absolute Gasteiger partial charge is 0.488 e. The summed E-state index contributed by atoms with van der Waals surface area (Å²) < 4.78 is 32.0. The number of hydrogen-bond donors (Lipinski definition) is 3. The van der Waals surface area contributed by atoms with Crippen molar-refractivity contribution in [2.75, 3.05) is 37.7 Å². The van der Waals surface area contributed by atoms with Gasteiger partial charge in [0, 0.05) is 36.8 Å². The Morgan fingerprint density at radius 3 is 2.58 bits per heavy atom. The molecule has 186 valence electrons. The molecule has 10 nitrogen and oxygen atoms in total. The van der Waals surface area contributed by atoms with Crippen LogP contribution in [0.1, 0.15) is 33.3 Å². The van der Waals surface area contributed by atoms with E-state index in [0.717, 1.165) is 6.26 Å². The van der Waals surface area contributed by atoms with Gasteiger partial charge in [-0.1, -0.05) is 6.92 Å². The SMILES string of the molecule is CC(C)NC(=O)N(C)C[C@@H]1Oc2ccc(NS(C)(=O)=O)cc2CC(=O)N([C@@H](C)CO)C[C@@H]1C. The Labute approximate surface area is 196 Å². The van der Waals surface area contributed by atoms with Gasteiger partial charge in [0.05, 0.1) is 31.9 Å². The number of aliphatic hydroxyl groups excluding tert-OH is 1. The Morgan fingerprint density at radius 2 is 2.00 bits per heavy atom. The molecule has 11 heteroatoms. The molecule has 1 heterocycles. The van der Waals surface area contributed by atoms with Crippen LogP contribution in [-0.2, 0) is 21.2 Å². The zero-order valence-electron chi connectivity index (χ0n) is 20.2. The highest BCUT2D eigenvalue weighted by Gasteiger charge is 2.32. The number of benzene rings is 1. The first-order chi connectivity index (χ1) is 15.3. The summed E-state index contributed by atoms with van der Waals surface area (Å²) in [5, 5.41) is 12.5. The minimum Gasteiger partial charge on any atom is -0.488 e. The lowest BCUT2D eigenvalue weighted by Gasteiger charge is -2.34. The second kappa shape index (κ2) is 11.1. The Balaban J connectivity index is 2.43. The van der Waals surface area contributed by atoms with E-state index in [9.17, 15) is 23.1 Å². The van der Waals surface area contributed by atoms with Crippen molar-refractivity contribution in [1.82, 2.24) is 15.1 Å². The Morgan fingerprint density at radius 1 is 1.33 bits per heavy atom. The number of hydrogen-bond acceptors (Lipinski definition) is 6. The lowest BCUT2D eigenvalue weighted by molar-refractivity contribution is -0.134. The zero-order chi connectivity index (χ0) is 24.9. The average molecular weight is 485 g/mol. The van der Waals surface area contributed by atoms with Gasteiger partial charge in [0.25, 0.3) is 0 Å². The maximum atomic E-state index is 13.1. The van der Waals surface area contributed by atoms with E-state index in [1.54, 1.807) is 42.0 Å². The molecule has 3 N–H and O–H groups in total. The van der Waals surface area contributed by atoms with Crippen molar-refractivity contribution in [1.29, 1.82) is 0 Å². The molecule has 0 aromatic heterocycles. The van der Waals surface area contributed by atoms with Gasteiger partial charge in [-0.2, -0.15) is 0 Å². The standard InChI is InChI=1S/C22H36N4O6S/c1-14(2)23-22(29)25(5)12-20-15(3)11-26(16(4)13-27)21(28)10-17-9-18(24-33(6,30)31)7-8-19(17)32-20/h7-9,14-16,20,24,27H,10-13H2,1-6H3,(H,23,29)/t15-,16-,20-/m0/s1. The molecule has 0 fully saturated rings. The normalized spacial score (nSPS) is 20.1. The molecule has 0 saturated carbocycles. The number of amides is 3. The lowest BCUT2D eigenvalue weighted by Crippen LogP contribution is -2.49. The first-order valence-electron chi connectivity index (χ1n) is 11.0. The topological polar surface area (TPSA) is 128 Å². The van der Waals surface area contributed by atoms with E-state index >= 15 is 0 Å². The zero-order valence-corrected chi connectivity index (χ0v) is 21.0. The number of carbonyl (C=O) groups is 2. The van der Waals surface area contributed by atoms with Crippen molar-refractivity contribution in [2.24, 2.45) is 5.92 Å². The number of nitrogens with zero attached hydrogens (tertiary/aromatic N) is 2. The number of aliphatic hydroxyl groups is 1. The molecule has 1 aliphatic rings. The van der Waals surface area contributed by atoms with Crippen molar-refractivity contribution >= 4 is 27.6 Å². The van der Waals surface area contributed by atoms with E-state index in [4.69, 9.17) is 4.74 Å². The van der Waals surface area contributed by atoms with E-state index < -0.39 is 22.2 Å². The average Bonchev–Trinajstić information content (AvgIpc) is 2.74. The molecule has 0 unspecified atom stereocenters. The Bertz CT molecular complexity index is 952. The summed E-state index contributed by atoms with van der Waals surface area (Å²) in [5.74, 6) is 0.101. The Kier molecular flexibility index (Phi) is 8.96. The van der Waals surface area contributed by atoms with Gasteiger partial charge >= 0.3 is 6.03 Å². The molecule has 0 saturated heterocycles. The van der Waals surface area contributed by atoms with Gasteiger partial charge in [-0.05, 0) is 39.0 Å². The smallest absolute Gasteiger partial charge is 0.317 e. The van der Waals surface area contributed by atoms with Crippen LogP contribution >= 0.6 is 0 Å². The molecule has 3 amide bonds. The number of nitrogens with one attached hydrogen (secondary N) is 2. The van der Waals surface area contributed by atoms with Gasteiger partial charge in [-0.3, -0.25) is 9.52 Å². The molecule has 0 bridgehead atoms. The first-order valence-corrected chi connectivity index (χ1v) is 12.9. The lowest BCUT2D eigenvalue weighted by atomic mass is 10.0. The molecule has 1 aromatic rings. The summed E-state index contributed by atoms with van der Waals surface area (Å²) >= 11 is 0. The number of likely N-dealkylation sites (N-methyl/N-ethyl adjacent to an activating group) is 1. The summed E-state index contributed by atoms with van der Waals surface area (Å²) in [4.78, 5) is 28.7. The van der Waals surface area contributed by atoms with E-state index in [1.165, 1.54) is 0 Å². The van der Waals surface area contributed by atoms with E-state index in [-0.39, 0.29) is 43.5 Å². The summed E-state index contributed by atoms with van der Waals surface area (Å²) in [7, 11) is -1.81. The van der Waals surface area contributed by atoms with Crippen LogP contribution < -0.4 is 14.8 Å². The van der Waals surface area contributed by atoms with Gasteiger partial charge in [-0.15, -0.1) is 0 Å². The second-order valence-electron chi connectivity index (χ2n) is 9.07. The molecule has 2 rings (SSSR count). The molecule has 33 heavy (non-hydrogen) atoms. The van der Waals surface area contributed by atoms with Crippen molar-refractivity contribution in [3.63, 3.8) is 0 Å². The van der Waals surface area contributed by atoms with Gasteiger partial charge in [0.15, 0.2) is 0 Å². The van der Waals surface area contributed by atoms with Gasteiger partial charge in [0.1, 0.15) is 11.9 Å². The fourth-order valence-electron chi connectivity index (χ4n) is 3.63. The van der Waals surface area contributed by atoms with Crippen LogP contribution in [0.5, 0.6) is 5.75 Å². The molecule has 3 atom stereocenters. The van der Waals surface area contributed by atoms with Crippen LogP contribution in [-0.4, -0.2) is 86.4 Å². The van der Waals surface area contributed by atoms with Crippen LogP contribution in [0.25, 0.3) is 0 Å². The predicted octanol–water partition coefficient (Wildman–Crippen LogP) is 1.26. The monoisotopic (exact) mass is 484 g/mol. The van der Waals surface area contributed by atoms with Crippen molar-refractivity contribution in [3.8, 4) is 5.75 Å². The highest BCUT2D eigenvalue weighted by molar-refractivity contribution is 7.92. The number of urea groups is 1. The van der Waals surface area contributed by atoms with Gasteiger partial charge < -0.3 is 25.0 Å². The summed E-state index contributed by atoms with van der Waals surface area (Å²) in [6.07, 6.45) is 0.596. The fourth-order valence-corrected chi connectivity index (χ4v) is 4.19. The molecule has 0 spiro atoms. The third-order valence-electron chi connectivity index (χ3n) is 5.43. The Hall–Kier alpha value is -2.53. The van der Waals surface area contributed by atoms with E-state index in [2.05, 4.69) is 10.0 Å². The van der Waals surface area contributed by atoms with Crippen LogP contribution in [0.3, 0.4) is 0 Å². The van der Waals surface area contributed by atoms with Crippen LogP contribution in [0.15, 0.2) is 18.2 Å². The molecule has 1 aliphatic heterocycles. The molecule has 0 aliphatic carbocycles. The molecule has 1 aromatic carbocycles. The number of fused-ring (bicyclic) bond motifs is 1. The summed E-state index contributed by atoms with van der Waals surface area (Å²) in [6, 6.07) is 4.14. The quantitative estimate of drug-likeness (QED) is 0.535. The number of sulfonamides is 1. The van der Waals surface area contributed by atoms with Crippen LogP contribution in [0.4, 0.5) is 10.5 Å². The van der Waals surface area contributed by atoms with Crippen molar-refractivity contribution in [3.05, 3.63) is 23.8 Å². The van der Waals surface area contributed by atoms with Gasteiger partial charge in [0.2, 0.25) is 15.9 Å². The minimum atomic E-state index is -3.49. The number of ether oxygens (including phenoxy) is 1. The first kappa shape index (κ1) is 26.7. The highest BCUT2D eigenvalue weighted by atomic mass is 32.2. The minimum absolute atomic E-state index is 0.0118. The van der Waals surface area contributed by atoms with E-state index in [0.29, 0.717) is 23.5 Å². The highest BCUT2D eigenvalue weighted by Crippen LogP contribution is 2.29. The third-order valence-corrected chi connectivity index (χ3v) is 6.04. The summed E-state index contributed by atoms with van der Waals surface area (Å²) in [5.41, 5.74) is 0.851. The van der Waals surface area contributed by atoms with Gasteiger partial charge in [-0.25, -0.2) is 13.2 Å². The number of rotatable bonds is 7. The molecular formula is C22H36N4O6S. The summed E-state index contributed by atoms with van der Waals surface area (Å²) in [6.45, 7) is 7.89. The molecule has 0 radical (unpaired) electrons. The maximum Gasteiger partial charge on any atom is 0.317 e. The predicted molar refractivity (Wildman–Crippen MR) is 127 cm³/mol. The second-order valence-corrected chi connectivity index (χ2v) is 10.8. The fraction of sp³-hybridized carbons (Fsp3) is 0.636.